The van der Waals surface area contributed by atoms with Crippen LogP contribution < -0.4 is 5.32 Å². The number of nitrogens with one attached hydrogen (secondary N) is 1. The van der Waals surface area contributed by atoms with Crippen molar-refractivity contribution in [3.05, 3.63) is 24.8 Å². The topological polar surface area (TPSA) is 62.5 Å². The Morgan fingerprint density at radius 3 is 3.00 bits per heavy atom. The fourth-order valence-electron chi connectivity index (χ4n) is 2.76. The van der Waals surface area contributed by atoms with Crippen LogP contribution in [0.3, 0.4) is 0 Å². The molecule has 0 aromatic carbocycles. The van der Waals surface area contributed by atoms with Crippen LogP contribution in [-0.4, -0.2) is 38.4 Å². The Morgan fingerprint density at radius 2 is 2.24 bits per heavy atom. The van der Waals surface area contributed by atoms with E-state index in [4.69, 9.17) is 0 Å². The average molecular weight is 287 g/mol. The average Bonchev–Trinajstić information content (AvgIpc) is 2.85. The van der Waals surface area contributed by atoms with E-state index in [0.717, 1.165) is 25.2 Å². The predicted octanol–water partition coefficient (Wildman–Crippen LogP) is 2.63. The number of aromatic nitrogens is 3. The fourth-order valence-corrected chi connectivity index (χ4v) is 2.76. The van der Waals surface area contributed by atoms with Crippen LogP contribution in [0.2, 0.25) is 0 Å². The van der Waals surface area contributed by atoms with Gasteiger partial charge in [0.15, 0.2) is 5.65 Å². The summed E-state index contributed by atoms with van der Waals surface area (Å²) in [5.74, 6) is 1.30. The van der Waals surface area contributed by atoms with Gasteiger partial charge in [-0.1, -0.05) is 20.8 Å². The summed E-state index contributed by atoms with van der Waals surface area (Å²) >= 11 is 0. The number of fused-ring (bicyclic) bond motifs is 1. The van der Waals surface area contributed by atoms with E-state index in [0.29, 0.717) is 11.7 Å². The van der Waals surface area contributed by atoms with E-state index < -0.39 is 0 Å². The third kappa shape index (κ3) is 2.57. The van der Waals surface area contributed by atoms with Gasteiger partial charge in [-0.15, -0.1) is 0 Å². The van der Waals surface area contributed by atoms with E-state index in [1.807, 2.05) is 9.30 Å². The highest BCUT2D eigenvalue weighted by atomic mass is 16.2. The molecule has 1 aliphatic heterocycles. The van der Waals surface area contributed by atoms with Crippen molar-refractivity contribution >= 4 is 17.5 Å². The molecule has 1 saturated heterocycles. The number of imidazole rings is 1. The Labute approximate surface area is 124 Å². The molecule has 112 valence electrons. The van der Waals surface area contributed by atoms with E-state index in [9.17, 15) is 4.79 Å². The molecule has 1 unspecified atom stereocenters. The van der Waals surface area contributed by atoms with Crippen molar-refractivity contribution in [2.45, 2.75) is 27.2 Å². The van der Waals surface area contributed by atoms with Crippen molar-refractivity contribution in [2.24, 2.45) is 11.3 Å². The fraction of sp³-hybridized carbons (Fsp3) is 0.533. The van der Waals surface area contributed by atoms with Gasteiger partial charge in [0.05, 0.1) is 12.4 Å². The van der Waals surface area contributed by atoms with Crippen LogP contribution in [0, 0.1) is 11.3 Å². The minimum atomic E-state index is -0.0615. The minimum Gasteiger partial charge on any atom is -0.324 e. The number of hydrogen-bond donors (Lipinski definition) is 1. The lowest BCUT2D eigenvalue weighted by Crippen LogP contribution is -2.49. The van der Waals surface area contributed by atoms with Crippen LogP contribution in [0.4, 0.5) is 10.6 Å². The first kappa shape index (κ1) is 13.9. The maximum atomic E-state index is 12.5. The molecule has 1 fully saturated rings. The number of amides is 2. The van der Waals surface area contributed by atoms with Crippen LogP contribution in [0.5, 0.6) is 0 Å². The SMILES string of the molecule is CC1CCN(C(=O)Nc2cnc3cnccn23)CC1(C)C. The monoisotopic (exact) mass is 287 g/mol. The second kappa shape index (κ2) is 5.02. The molecule has 0 spiro atoms. The number of hydrogen-bond acceptors (Lipinski definition) is 3. The van der Waals surface area contributed by atoms with E-state index >= 15 is 0 Å². The van der Waals surface area contributed by atoms with Gasteiger partial charge in [0.25, 0.3) is 0 Å². The van der Waals surface area contributed by atoms with Crippen molar-refractivity contribution in [3.8, 4) is 0 Å². The van der Waals surface area contributed by atoms with Crippen molar-refractivity contribution in [3.63, 3.8) is 0 Å². The number of rotatable bonds is 1. The normalized spacial score (nSPS) is 21.5. The number of likely N-dealkylation sites (tertiary alicyclic amines) is 1. The van der Waals surface area contributed by atoms with E-state index in [-0.39, 0.29) is 11.4 Å². The third-order valence-corrected chi connectivity index (χ3v) is 4.60. The van der Waals surface area contributed by atoms with Crippen LogP contribution in [0.15, 0.2) is 24.8 Å². The molecule has 1 N–H and O–H groups in total. The summed E-state index contributed by atoms with van der Waals surface area (Å²) in [6, 6.07) is -0.0615. The molecule has 0 aliphatic carbocycles. The van der Waals surface area contributed by atoms with E-state index in [2.05, 4.69) is 36.1 Å². The van der Waals surface area contributed by atoms with Crippen molar-refractivity contribution in [1.82, 2.24) is 19.3 Å². The molecule has 0 saturated carbocycles. The molecule has 2 aromatic heterocycles. The standard InChI is InChI=1S/C15H21N5O/c1-11-4-6-19(10-15(11,2)3)14(21)18-13-9-17-12-8-16-5-7-20(12)13/h5,7-9,11H,4,6,10H2,1-3H3,(H,18,21). The lowest BCUT2D eigenvalue weighted by Gasteiger charge is -2.42. The molecule has 0 radical (unpaired) electrons. The van der Waals surface area contributed by atoms with Crippen LogP contribution >= 0.6 is 0 Å². The molecule has 1 aliphatic rings. The first-order chi connectivity index (χ1) is 9.97. The van der Waals surface area contributed by atoms with Crippen LogP contribution in [0.1, 0.15) is 27.2 Å². The van der Waals surface area contributed by atoms with Crippen molar-refractivity contribution < 1.29 is 4.79 Å². The third-order valence-electron chi connectivity index (χ3n) is 4.60. The van der Waals surface area contributed by atoms with Crippen LogP contribution in [-0.2, 0) is 0 Å². The zero-order valence-electron chi connectivity index (χ0n) is 12.7. The number of carbonyl (C=O) groups is 1. The largest absolute Gasteiger partial charge is 0.324 e. The lowest BCUT2D eigenvalue weighted by molar-refractivity contribution is 0.0883. The maximum absolute atomic E-state index is 12.5. The molecular formula is C15H21N5O. The second-order valence-corrected chi connectivity index (χ2v) is 6.48. The molecule has 3 rings (SSSR count). The summed E-state index contributed by atoms with van der Waals surface area (Å²) in [4.78, 5) is 22.6. The smallest absolute Gasteiger partial charge is 0.323 e. The Morgan fingerprint density at radius 1 is 1.43 bits per heavy atom. The van der Waals surface area contributed by atoms with Crippen molar-refractivity contribution in [1.29, 1.82) is 0 Å². The Kier molecular flexibility index (Phi) is 3.31. The quantitative estimate of drug-likeness (QED) is 0.877. The van der Waals surface area contributed by atoms with Gasteiger partial charge in [-0.3, -0.25) is 14.7 Å². The van der Waals surface area contributed by atoms with E-state index in [1.54, 1.807) is 24.8 Å². The van der Waals surface area contributed by atoms with Crippen LogP contribution in [0.25, 0.3) is 5.65 Å². The highest BCUT2D eigenvalue weighted by Gasteiger charge is 2.34. The summed E-state index contributed by atoms with van der Waals surface area (Å²) in [7, 11) is 0. The number of carbonyl (C=O) groups excluding carboxylic acids is 1. The highest BCUT2D eigenvalue weighted by molar-refractivity contribution is 5.88. The molecule has 2 amide bonds. The Bertz CT molecular complexity index is 663. The minimum absolute atomic E-state index is 0.0615. The first-order valence-electron chi connectivity index (χ1n) is 7.30. The number of nitrogens with zero attached hydrogens (tertiary/aromatic N) is 4. The summed E-state index contributed by atoms with van der Waals surface area (Å²) in [5.41, 5.74) is 0.874. The van der Waals surface area contributed by atoms with Gasteiger partial charge in [-0.25, -0.2) is 9.78 Å². The van der Waals surface area contributed by atoms with Gasteiger partial charge >= 0.3 is 6.03 Å². The van der Waals surface area contributed by atoms with E-state index in [1.165, 1.54) is 0 Å². The van der Waals surface area contributed by atoms with Gasteiger partial charge < -0.3 is 4.90 Å². The van der Waals surface area contributed by atoms with Gasteiger partial charge in [-0.05, 0) is 17.8 Å². The number of urea groups is 1. The molecule has 0 bridgehead atoms. The second-order valence-electron chi connectivity index (χ2n) is 6.48. The maximum Gasteiger partial charge on any atom is 0.323 e. The summed E-state index contributed by atoms with van der Waals surface area (Å²) in [6.07, 6.45) is 7.83. The lowest BCUT2D eigenvalue weighted by atomic mass is 9.75. The summed E-state index contributed by atoms with van der Waals surface area (Å²) in [6.45, 7) is 8.27. The number of anilines is 1. The van der Waals surface area contributed by atoms with Crippen molar-refractivity contribution in [2.75, 3.05) is 18.4 Å². The Balaban J connectivity index is 1.75. The summed E-state index contributed by atoms with van der Waals surface area (Å²) < 4.78 is 1.82. The molecular weight excluding hydrogens is 266 g/mol. The first-order valence-corrected chi connectivity index (χ1v) is 7.30. The van der Waals surface area contributed by atoms with Gasteiger partial charge in [0.2, 0.25) is 0 Å². The molecule has 1 atom stereocenters. The molecule has 21 heavy (non-hydrogen) atoms. The zero-order valence-corrected chi connectivity index (χ0v) is 12.7. The zero-order chi connectivity index (χ0) is 15.0. The highest BCUT2D eigenvalue weighted by Crippen LogP contribution is 2.34. The Hall–Kier alpha value is -2.11. The molecule has 6 nitrogen and oxygen atoms in total. The molecule has 6 heteroatoms. The van der Waals surface area contributed by atoms with Gasteiger partial charge in [0.1, 0.15) is 5.82 Å². The predicted molar refractivity (Wildman–Crippen MR) is 81.1 cm³/mol. The molecule has 3 heterocycles. The number of piperidine rings is 1. The van der Waals surface area contributed by atoms with Gasteiger partial charge in [-0.2, -0.15) is 0 Å². The summed E-state index contributed by atoms with van der Waals surface area (Å²) in [5, 5.41) is 2.95. The van der Waals surface area contributed by atoms with Gasteiger partial charge in [0, 0.05) is 25.5 Å². The molecule has 2 aromatic rings.